The van der Waals surface area contributed by atoms with Gasteiger partial charge in [-0.15, -0.1) is 0 Å². The molecule has 1 aliphatic carbocycles. The molecule has 3 nitrogen and oxygen atoms in total. The molecule has 0 saturated carbocycles. The summed E-state index contributed by atoms with van der Waals surface area (Å²) >= 11 is 0. The highest BCUT2D eigenvalue weighted by molar-refractivity contribution is 6.28. The molecule has 0 saturated heterocycles. The highest BCUT2D eigenvalue weighted by atomic mass is 16.3. The molecule has 12 aromatic rings. The minimum Gasteiger partial charge on any atom is -0.456 e. The van der Waals surface area contributed by atoms with Crippen molar-refractivity contribution in [1.29, 1.82) is 0 Å². The van der Waals surface area contributed by atoms with Crippen molar-refractivity contribution in [1.82, 2.24) is 0 Å². The average molecular weight is 794 g/mol. The van der Waals surface area contributed by atoms with Crippen LogP contribution in [0.1, 0.15) is 25.0 Å². The summed E-state index contributed by atoms with van der Waals surface area (Å²) in [6, 6.07) is 72.5. The smallest absolute Gasteiger partial charge is 0.160 e. The van der Waals surface area contributed by atoms with Gasteiger partial charge in [0.2, 0.25) is 0 Å². The number of anilines is 3. The van der Waals surface area contributed by atoms with Crippen molar-refractivity contribution < 1.29 is 8.83 Å². The van der Waals surface area contributed by atoms with Gasteiger partial charge in [-0.05, 0) is 115 Å². The zero-order valence-corrected chi connectivity index (χ0v) is 34.3. The van der Waals surface area contributed by atoms with Crippen molar-refractivity contribution in [2.45, 2.75) is 19.3 Å². The first kappa shape index (κ1) is 34.9. The highest BCUT2D eigenvalue weighted by Crippen LogP contribution is 2.54. The SMILES string of the molecule is CC1(C)c2ccccc2-c2ccc(N(c3ccc(-c4ccccc4)cc3)c3c(-c4cc5ccccc5c5ccccc45)ccc4c3oc3ccc5oc6ccccc6c5c34)cc21. The Hall–Kier alpha value is -7.88. The Labute approximate surface area is 358 Å². The summed E-state index contributed by atoms with van der Waals surface area (Å²) in [7, 11) is 0. The third-order valence-corrected chi connectivity index (χ3v) is 13.5. The average Bonchev–Trinajstić information content (AvgIpc) is 3.97. The molecule has 13 rings (SSSR count). The first-order valence-corrected chi connectivity index (χ1v) is 21.4. The Morgan fingerprint density at radius 2 is 0.984 bits per heavy atom. The van der Waals surface area contributed by atoms with Gasteiger partial charge in [-0.3, -0.25) is 0 Å². The molecule has 0 fully saturated rings. The fraction of sp³-hybridized carbons (Fsp3) is 0.0508. The van der Waals surface area contributed by atoms with Gasteiger partial charge in [0.05, 0.1) is 5.69 Å². The molecule has 0 unspecified atom stereocenters. The van der Waals surface area contributed by atoms with Crippen molar-refractivity contribution >= 4 is 82.5 Å². The normalized spacial score (nSPS) is 13.1. The number of nitrogens with zero attached hydrogens (tertiary/aromatic N) is 1. The second-order valence-electron chi connectivity index (χ2n) is 17.2. The van der Waals surface area contributed by atoms with Gasteiger partial charge in [0, 0.05) is 43.9 Å². The van der Waals surface area contributed by atoms with Crippen molar-refractivity contribution in [3.8, 4) is 33.4 Å². The van der Waals surface area contributed by atoms with E-state index in [9.17, 15) is 0 Å². The van der Waals surface area contributed by atoms with E-state index in [1.165, 1.54) is 49.4 Å². The minimum atomic E-state index is -0.193. The standard InChI is InChI=1S/C59H39NO2/c1-59(2)50-22-12-10-20-44(50)45-29-28-40(35-51(45)59)60(39-26-24-37(25-27-39)36-14-4-3-5-15-36)57-46(49-34-38-16-6-7-17-41(38)42-18-8-9-19-43(42)49)30-31-48-56-54(62-58(48)57)33-32-53-55(56)47-21-11-13-23-52(47)61-53/h3-35H,1-2H3. The molecule has 0 amide bonds. The van der Waals surface area contributed by atoms with E-state index in [4.69, 9.17) is 8.83 Å². The van der Waals surface area contributed by atoms with Crippen molar-refractivity contribution in [3.05, 3.63) is 211 Å². The molecule has 1 aliphatic rings. The maximum absolute atomic E-state index is 7.29. The monoisotopic (exact) mass is 793 g/mol. The Morgan fingerprint density at radius 3 is 1.82 bits per heavy atom. The molecule has 0 radical (unpaired) electrons. The number of para-hydroxylation sites is 1. The molecule has 292 valence electrons. The van der Waals surface area contributed by atoms with E-state index in [1.54, 1.807) is 0 Å². The summed E-state index contributed by atoms with van der Waals surface area (Å²) in [5.74, 6) is 0. The van der Waals surface area contributed by atoms with Gasteiger partial charge in [-0.1, -0.05) is 159 Å². The number of fused-ring (bicyclic) bond motifs is 13. The van der Waals surface area contributed by atoms with Crippen molar-refractivity contribution in [2.24, 2.45) is 0 Å². The molecule has 0 spiro atoms. The van der Waals surface area contributed by atoms with E-state index in [0.717, 1.165) is 77.6 Å². The van der Waals surface area contributed by atoms with Crippen LogP contribution >= 0.6 is 0 Å². The number of hydrogen-bond donors (Lipinski definition) is 0. The summed E-state index contributed by atoms with van der Waals surface area (Å²) in [4.78, 5) is 2.45. The lowest BCUT2D eigenvalue weighted by atomic mass is 9.82. The van der Waals surface area contributed by atoms with Gasteiger partial charge < -0.3 is 13.7 Å². The Kier molecular flexibility index (Phi) is 7.36. The quantitative estimate of drug-likeness (QED) is 0.163. The van der Waals surface area contributed by atoms with Crippen molar-refractivity contribution in [3.63, 3.8) is 0 Å². The summed E-state index contributed by atoms with van der Waals surface area (Å²) in [5, 5.41) is 9.10. The first-order valence-electron chi connectivity index (χ1n) is 21.4. The van der Waals surface area contributed by atoms with Gasteiger partial charge >= 0.3 is 0 Å². The van der Waals surface area contributed by atoms with E-state index in [0.29, 0.717) is 0 Å². The Morgan fingerprint density at radius 1 is 0.371 bits per heavy atom. The molecule has 10 aromatic carbocycles. The molecule has 62 heavy (non-hydrogen) atoms. The predicted octanol–water partition coefficient (Wildman–Crippen LogP) is 16.9. The van der Waals surface area contributed by atoms with Crippen LogP contribution in [0, 0.1) is 0 Å². The topological polar surface area (TPSA) is 29.5 Å². The summed E-state index contributed by atoms with van der Waals surface area (Å²) < 4.78 is 13.8. The minimum absolute atomic E-state index is 0.193. The van der Waals surface area contributed by atoms with E-state index in [-0.39, 0.29) is 5.41 Å². The fourth-order valence-corrected chi connectivity index (χ4v) is 10.5. The van der Waals surface area contributed by atoms with Gasteiger partial charge in [-0.2, -0.15) is 0 Å². The lowest BCUT2D eigenvalue weighted by molar-refractivity contribution is 0.660. The summed E-state index contributed by atoms with van der Waals surface area (Å²) in [6.07, 6.45) is 0. The largest absolute Gasteiger partial charge is 0.456 e. The van der Waals surface area contributed by atoms with Crippen LogP contribution in [0.3, 0.4) is 0 Å². The van der Waals surface area contributed by atoms with Crippen LogP contribution in [0.15, 0.2) is 209 Å². The predicted molar refractivity (Wildman–Crippen MR) is 259 cm³/mol. The van der Waals surface area contributed by atoms with Crippen LogP contribution in [0.4, 0.5) is 17.1 Å². The number of benzene rings is 10. The molecule has 3 heteroatoms. The molecule has 2 heterocycles. The fourth-order valence-electron chi connectivity index (χ4n) is 10.5. The number of hydrogen-bond acceptors (Lipinski definition) is 3. The molecule has 0 bridgehead atoms. The van der Waals surface area contributed by atoms with Gasteiger partial charge in [0.1, 0.15) is 16.7 Å². The Bertz CT molecular complexity index is 3780. The third kappa shape index (κ3) is 5.00. The Balaban J connectivity index is 1.17. The van der Waals surface area contributed by atoms with Crippen molar-refractivity contribution in [2.75, 3.05) is 4.90 Å². The molecule has 2 aromatic heterocycles. The van der Waals surface area contributed by atoms with Crippen LogP contribution in [-0.2, 0) is 5.41 Å². The van der Waals surface area contributed by atoms with E-state index >= 15 is 0 Å². The van der Waals surface area contributed by atoms with Gasteiger partial charge in [0.25, 0.3) is 0 Å². The lowest BCUT2D eigenvalue weighted by Crippen LogP contribution is -2.17. The van der Waals surface area contributed by atoms with Crippen LogP contribution in [0.5, 0.6) is 0 Å². The molecular weight excluding hydrogens is 755 g/mol. The number of furan rings is 2. The van der Waals surface area contributed by atoms with Crippen LogP contribution in [0.25, 0.3) is 98.8 Å². The van der Waals surface area contributed by atoms with E-state index in [2.05, 4.69) is 207 Å². The molecular formula is C59H39NO2. The van der Waals surface area contributed by atoms with Gasteiger partial charge in [-0.25, -0.2) is 0 Å². The maximum atomic E-state index is 7.29. The second-order valence-corrected chi connectivity index (χ2v) is 17.2. The zero-order valence-electron chi connectivity index (χ0n) is 34.3. The van der Waals surface area contributed by atoms with Crippen LogP contribution in [-0.4, -0.2) is 0 Å². The maximum Gasteiger partial charge on any atom is 0.160 e. The molecule has 0 N–H and O–H groups in total. The first-order chi connectivity index (χ1) is 30.5. The lowest BCUT2D eigenvalue weighted by Gasteiger charge is -2.30. The van der Waals surface area contributed by atoms with E-state index < -0.39 is 0 Å². The van der Waals surface area contributed by atoms with Crippen LogP contribution in [0.2, 0.25) is 0 Å². The van der Waals surface area contributed by atoms with Crippen LogP contribution < -0.4 is 4.90 Å². The van der Waals surface area contributed by atoms with Gasteiger partial charge in [0.15, 0.2) is 5.58 Å². The summed E-state index contributed by atoms with van der Waals surface area (Å²) in [6.45, 7) is 4.71. The second kappa shape index (κ2) is 13.1. The highest BCUT2D eigenvalue weighted by Gasteiger charge is 2.36. The number of rotatable bonds is 5. The van der Waals surface area contributed by atoms with E-state index in [1.807, 2.05) is 12.1 Å². The molecule has 0 atom stereocenters. The molecule has 0 aliphatic heterocycles. The zero-order chi connectivity index (χ0) is 41.1. The third-order valence-electron chi connectivity index (χ3n) is 13.5. The summed E-state index contributed by atoms with van der Waals surface area (Å²) in [5.41, 5.74) is 16.1.